The summed E-state index contributed by atoms with van der Waals surface area (Å²) in [6, 6.07) is 4.15. The number of nitriles is 1. The van der Waals surface area contributed by atoms with Crippen molar-refractivity contribution in [3.8, 4) is 6.07 Å². The Labute approximate surface area is 106 Å². The molecule has 17 heavy (non-hydrogen) atoms. The molecule has 0 amide bonds. The summed E-state index contributed by atoms with van der Waals surface area (Å²) in [7, 11) is 0. The van der Waals surface area contributed by atoms with Crippen LogP contribution in [-0.2, 0) is 0 Å². The molecule has 90 valence electrons. The minimum Gasteiger partial charge on any atom is -0.351 e. The van der Waals surface area contributed by atoms with Crippen LogP contribution in [0, 0.1) is 18.3 Å². The predicted octanol–water partition coefficient (Wildman–Crippen LogP) is 1.84. The van der Waals surface area contributed by atoms with Crippen molar-refractivity contribution in [2.45, 2.75) is 32.4 Å². The van der Waals surface area contributed by atoms with Crippen LogP contribution < -0.4 is 10.6 Å². The number of anilines is 1. The number of hydrogen-bond donors (Lipinski definition) is 1. The molecule has 1 fully saturated rings. The van der Waals surface area contributed by atoms with E-state index in [9.17, 15) is 0 Å². The molecular formula is C12H15ClN4. The van der Waals surface area contributed by atoms with Crippen molar-refractivity contribution in [1.82, 2.24) is 4.98 Å². The van der Waals surface area contributed by atoms with Gasteiger partial charge >= 0.3 is 0 Å². The summed E-state index contributed by atoms with van der Waals surface area (Å²) >= 11 is 6.18. The van der Waals surface area contributed by atoms with E-state index < -0.39 is 0 Å². The highest BCUT2D eigenvalue weighted by atomic mass is 35.5. The van der Waals surface area contributed by atoms with E-state index in [0.717, 1.165) is 18.8 Å². The van der Waals surface area contributed by atoms with Crippen LogP contribution in [0.3, 0.4) is 0 Å². The Bertz CT molecular complexity index is 480. The highest BCUT2D eigenvalue weighted by molar-refractivity contribution is 6.33. The topological polar surface area (TPSA) is 65.9 Å². The normalized spacial score (nSPS) is 23.8. The Balaban J connectivity index is 2.41. The molecule has 2 atom stereocenters. The van der Waals surface area contributed by atoms with E-state index in [4.69, 9.17) is 22.6 Å². The molecule has 4 nitrogen and oxygen atoms in total. The van der Waals surface area contributed by atoms with E-state index in [1.807, 2.05) is 6.92 Å². The Kier molecular flexibility index (Phi) is 3.23. The fourth-order valence-corrected chi connectivity index (χ4v) is 2.41. The summed E-state index contributed by atoms with van der Waals surface area (Å²) in [6.07, 6.45) is 0.943. The van der Waals surface area contributed by atoms with Crippen molar-refractivity contribution in [1.29, 1.82) is 5.26 Å². The molecular weight excluding hydrogens is 236 g/mol. The summed E-state index contributed by atoms with van der Waals surface area (Å²) < 4.78 is 0. The molecule has 2 N–H and O–H groups in total. The zero-order valence-electron chi connectivity index (χ0n) is 9.94. The van der Waals surface area contributed by atoms with Crippen LogP contribution in [0.15, 0.2) is 6.07 Å². The molecule has 0 bridgehead atoms. The largest absolute Gasteiger partial charge is 0.351 e. The summed E-state index contributed by atoms with van der Waals surface area (Å²) in [5.41, 5.74) is 7.22. The molecule has 1 aliphatic heterocycles. The van der Waals surface area contributed by atoms with Gasteiger partial charge in [0.25, 0.3) is 0 Å². The first-order valence-electron chi connectivity index (χ1n) is 5.64. The average molecular weight is 251 g/mol. The molecule has 5 heteroatoms. The van der Waals surface area contributed by atoms with Crippen molar-refractivity contribution in [2.24, 2.45) is 5.73 Å². The van der Waals surface area contributed by atoms with Crippen molar-refractivity contribution < 1.29 is 0 Å². The molecule has 2 heterocycles. The Morgan fingerprint density at radius 3 is 2.88 bits per heavy atom. The monoisotopic (exact) mass is 250 g/mol. The van der Waals surface area contributed by atoms with Gasteiger partial charge in [0.15, 0.2) is 0 Å². The molecule has 0 saturated carbocycles. The van der Waals surface area contributed by atoms with Crippen LogP contribution >= 0.6 is 11.6 Å². The van der Waals surface area contributed by atoms with Crippen molar-refractivity contribution in [3.05, 3.63) is 22.3 Å². The maximum absolute atomic E-state index is 8.91. The number of nitrogens with zero attached hydrogens (tertiary/aromatic N) is 3. The van der Waals surface area contributed by atoms with Gasteiger partial charge in [0.05, 0.1) is 16.3 Å². The van der Waals surface area contributed by atoms with E-state index in [0.29, 0.717) is 16.3 Å². The van der Waals surface area contributed by atoms with Gasteiger partial charge in [0.1, 0.15) is 11.9 Å². The minimum absolute atomic E-state index is 0.156. The molecule has 0 aromatic carbocycles. The Hall–Kier alpha value is -1.31. The summed E-state index contributed by atoms with van der Waals surface area (Å²) in [5.74, 6) is 0.739. The molecule has 0 spiro atoms. The first-order chi connectivity index (χ1) is 8.04. The third kappa shape index (κ3) is 2.08. The van der Waals surface area contributed by atoms with Gasteiger partial charge in [0.2, 0.25) is 0 Å². The van der Waals surface area contributed by atoms with Gasteiger partial charge in [-0.25, -0.2) is 4.98 Å². The fourth-order valence-electron chi connectivity index (χ4n) is 2.15. The van der Waals surface area contributed by atoms with Gasteiger partial charge < -0.3 is 10.6 Å². The Morgan fingerprint density at radius 2 is 2.35 bits per heavy atom. The molecule has 1 saturated heterocycles. The average Bonchev–Trinajstić information content (AvgIpc) is 2.63. The number of halogens is 1. The van der Waals surface area contributed by atoms with Crippen molar-refractivity contribution >= 4 is 17.4 Å². The lowest BCUT2D eigenvalue weighted by molar-refractivity contribution is 0.621. The highest BCUT2D eigenvalue weighted by Crippen LogP contribution is 2.30. The maximum atomic E-state index is 8.91. The lowest BCUT2D eigenvalue weighted by Crippen LogP contribution is -2.37. The minimum atomic E-state index is 0.156. The lowest BCUT2D eigenvalue weighted by Gasteiger charge is -2.25. The number of aryl methyl sites for hydroxylation is 1. The zero-order chi connectivity index (χ0) is 12.6. The van der Waals surface area contributed by atoms with Gasteiger partial charge in [-0.15, -0.1) is 0 Å². The van der Waals surface area contributed by atoms with E-state index >= 15 is 0 Å². The summed E-state index contributed by atoms with van der Waals surface area (Å²) in [5, 5.41) is 9.43. The van der Waals surface area contributed by atoms with E-state index in [-0.39, 0.29) is 12.1 Å². The van der Waals surface area contributed by atoms with Gasteiger partial charge in [-0.1, -0.05) is 11.6 Å². The second-order valence-electron chi connectivity index (χ2n) is 4.43. The molecule has 1 aromatic rings. The van der Waals surface area contributed by atoms with Crippen LogP contribution in [0.2, 0.25) is 5.02 Å². The first-order valence-corrected chi connectivity index (χ1v) is 6.02. The third-order valence-electron chi connectivity index (χ3n) is 3.36. The van der Waals surface area contributed by atoms with Crippen molar-refractivity contribution in [2.75, 3.05) is 11.4 Å². The van der Waals surface area contributed by atoms with Gasteiger partial charge in [-0.3, -0.25) is 0 Å². The maximum Gasteiger partial charge on any atom is 0.148 e. The molecule has 0 radical (unpaired) electrons. The second kappa shape index (κ2) is 4.52. The molecule has 1 aliphatic rings. The molecule has 0 aliphatic carbocycles. The standard InChI is InChI=1S/C12H15ClN4/c1-7-9(6-14)5-10(13)12(16-7)17-4-3-11(15)8(17)2/h5,8,11H,3-4,15H2,1-2H3. The molecule has 2 rings (SSSR count). The van der Waals surface area contributed by atoms with Crippen molar-refractivity contribution in [3.63, 3.8) is 0 Å². The number of pyridine rings is 1. The molecule has 2 unspecified atom stereocenters. The molecule has 1 aromatic heterocycles. The van der Waals surface area contributed by atoms with E-state index in [1.165, 1.54) is 0 Å². The number of aromatic nitrogens is 1. The predicted molar refractivity (Wildman–Crippen MR) is 68.1 cm³/mol. The lowest BCUT2D eigenvalue weighted by atomic mass is 10.1. The van der Waals surface area contributed by atoms with Crippen LogP contribution in [0.5, 0.6) is 0 Å². The van der Waals surface area contributed by atoms with E-state index in [2.05, 4.69) is 22.9 Å². The van der Waals surface area contributed by atoms with Crippen LogP contribution in [-0.4, -0.2) is 23.6 Å². The van der Waals surface area contributed by atoms with Gasteiger partial charge in [-0.05, 0) is 26.3 Å². The van der Waals surface area contributed by atoms with Crippen LogP contribution in [0.1, 0.15) is 24.6 Å². The Morgan fingerprint density at radius 1 is 1.65 bits per heavy atom. The van der Waals surface area contributed by atoms with E-state index in [1.54, 1.807) is 6.07 Å². The summed E-state index contributed by atoms with van der Waals surface area (Å²) in [6.45, 7) is 4.75. The second-order valence-corrected chi connectivity index (χ2v) is 4.83. The highest BCUT2D eigenvalue weighted by Gasteiger charge is 2.30. The quantitative estimate of drug-likeness (QED) is 0.826. The van der Waals surface area contributed by atoms with Gasteiger partial charge in [0, 0.05) is 18.6 Å². The zero-order valence-corrected chi connectivity index (χ0v) is 10.7. The van der Waals surface area contributed by atoms with Crippen LogP contribution in [0.4, 0.5) is 5.82 Å². The van der Waals surface area contributed by atoms with Gasteiger partial charge in [-0.2, -0.15) is 5.26 Å². The summed E-state index contributed by atoms with van der Waals surface area (Å²) in [4.78, 5) is 6.54. The number of nitrogens with two attached hydrogens (primary N) is 1. The number of rotatable bonds is 1. The fraction of sp³-hybridized carbons (Fsp3) is 0.500. The third-order valence-corrected chi connectivity index (χ3v) is 3.63. The van der Waals surface area contributed by atoms with Crippen LogP contribution in [0.25, 0.3) is 0 Å². The number of hydrogen-bond acceptors (Lipinski definition) is 4. The SMILES string of the molecule is Cc1nc(N2CCC(N)C2C)c(Cl)cc1C#N. The smallest absolute Gasteiger partial charge is 0.148 e. The first kappa shape index (κ1) is 12.2.